The molecule has 2 N–H and O–H groups in total. The first kappa shape index (κ1) is 22.8. The summed E-state index contributed by atoms with van der Waals surface area (Å²) >= 11 is 3.32. The lowest BCUT2D eigenvalue weighted by atomic mass is 9.84. The molecule has 0 aromatic heterocycles. The third-order valence-corrected chi connectivity index (χ3v) is 8.55. The number of hydrogen-bond donors (Lipinski definition) is 1. The number of anilines is 1. The highest BCUT2D eigenvalue weighted by molar-refractivity contribution is 9.10. The molecule has 0 saturated heterocycles. The average Bonchev–Trinajstić information content (AvgIpc) is 2.79. The van der Waals surface area contributed by atoms with Crippen LogP contribution in [0.2, 0.25) is 0 Å². The predicted molar refractivity (Wildman–Crippen MR) is 124 cm³/mol. The molecule has 0 spiro atoms. The van der Waals surface area contributed by atoms with E-state index in [0.29, 0.717) is 37.9 Å². The number of aryl methyl sites for hydroxylation is 1. The molecule has 170 valence electrons. The number of rotatable bonds is 5. The number of esters is 1. The highest BCUT2D eigenvalue weighted by Gasteiger charge is 2.42. The van der Waals surface area contributed by atoms with Gasteiger partial charge in [-0.15, -0.1) is 0 Å². The van der Waals surface area contributed by atoms with Crippen LogP contribution in [-0.4, -0.2) is 32.4 Å². The first-order chi connectivity index (χ1) is 15.2. The molecule has 32 heavy (non-hydrogen) atoms. The van der Waals surface area contributed by atoms with Crippen LogP contribution >= 0.6 is 15.9 Å². The maximum atomic E-state index is 13.2. The normalized spacial score (nSPS) is 18.0. The quantitative estimate of drug-likeness (QED) is 0.600. The molecule has 0 atom stereocenters. The van der Waals surface area contributed by atoms with Crippen molar-refractivity contribution >= 4 is 43.5 Å². The fourth-order valence-corrected chi connectivity index (χ4v) is 6.24. The zero-order chi connectivity index (χ0) is 22.9. The van der Waals surface area contributed by atoms with Crippen molar-refractivity contribution < 1.29 is 22.7 Å². The molecule has 1 saturated carbocycles. The third kappa shape index (κ3) is 4.28. The van der Waals surface area contributed by atoms with E-state index in [0.717, 1.165) is 29.3 Å². The molecule has 0 radical (unpaired) electrons. The van der Waals surface area contributed by atoms with E-state index in [-0.39, 0.29) is 10.5 Å². The summed E-state index contributed by atoms with van der Waals surface area (Å²) in [6.45, 7) is 0.361. The zero-order valence-electron chi connectivity index (χ0n) is 17.6. The number of sulfonamides is 1. The molecule has 1 fully saturated rings. The van der Waals surface area contributed by atoms with Gasteiger partial charge in [0, 0.05) is 11.0 Å². The summed E-state index contributed by atoms with van der Waals surface area (Å²) in [4.78, 5) is 25.1. The molecular formula is C23H25BrN2O5S. The topological polar surface area (TPSA) is 107 Å². The van der Waals surface area contributed by atoms with E-state index < -0.39 is 27.5 Å². The summed E-state index contributed by atoms with van der Waals surface area (Å²) in [5.41, 5.74) is 5.91. The van der Waals surface area contributed by atoms with Gasteiger partial charge in [0.2, 0.25) is 0 Å². The van der Waals surface area contributed by atoms with Gasteiger partial charge in [-0.2, -0.15) is 0 Å². The second-order valence-corrected chi connectivity index (χ2v) is 11.1. The van der Waals surface area contributed by atoms with Gasteiger partial charge >= 0.3 is 5.97 Å². The van der Waals surface area contributed by atoms with Crippen molar-refractivity contribution in [2.24, 2.45) is 5.73 Å². The van der Waals surface area contributed by atoms with Crippen LogP contribution in [0.25, 0.3) is 0 Å². The van der Waals surface area contributed by atoms with E-state index in [2.05, 4.69) is 15.9 Å². The van der Waals surface area contributed by atoms with E-state index in [1.807, 2.05) is 0 Å². The summed E-state index contributed by atoms with van der Waals surface area (Å²) in [7, 11) is -3.73. The first-order valence-corrected chi connectivity index (χ1v) is 12.9. The van der Waals surface area contributed by atoms with Crippen molar-refractivity contribution in [3.8, 4) is 0 Å². The lowest BCUT2D eigenvalue weighted by Gasteiger charge is -2.34. The lowest BCUT2D eigenvalue weighted by Crippen LogP contribution is -2.49. The van der Waals surface area contributed by atoms with E-state index in [9.17, 15) is 18.0 Å². The highest BCUT2D eigenvalue weighted by Crippen LogP contribution is 2.35. The van der Waals surface area contributed by atoms with Gasteiger partial charge in [-0.3, -0.25) is 9.10 Å². The molecule has 0 unspecified atom stereocenters. The fraction of sp³-hybridized carbons (Fsp3) is 0.391. The number of amides is 1. The Morgan fingerprint density at radius 2 is 1.69 bits per heavy atom. The van der Waals surface area contributed by atoms with E-state index in [4.69, 9.17) is 10.5 Å². The molecule has 1 heterocycles. The molecular weight excluding hydrogens is 496 g/mol. The first-order valence-electron chi connectivity index (χ1n) is 10.7. The van der Waals surface area contributed by atoms with Gasteiger partial charge in [0.1, 0.15) is 0 Å². The fourth-order valence-electron chi connectivity index (χ4n) is 4.43. The Balaban J connectivity index is 1.61. The van der Waals surface area contributed by atoms with Gasteiger partial charge in [-0.25, -0.2) is 13.2 Å². The van der Waals surface area contributed by atoms with Crippen molar-refractivity contribution in [2.75, 3.05) is 10.8 Å². The average molecular weight is 521 g/mol. The summed E-state index contributed by atoms with van der Waals surface area (Å²) in [6.07, 6.45) is 4.67. The van der Waals surface area contributed by atoms with Gasteiger partial charge < -0.3 is 10.5 Å². The molecule has 2 aliphatic rings. The Kier molecular flexibility index (Phi) is 6.31. The van der Waals surface area contributed by atoms with Crippen LogP contribution in [0.15, 0.2) is 51.8 Å². The van der Waals surface area contributed by atoms with Crippen molar-refractivity contribution in [3.05, 3.63) is 58.1 Å². The van der Waals surface area contributed by atoms with Crippen LogP contribution < -0.4 is 10.0 Å². The van der Waals surface area contributed by atoms with E-state index in [1.165, 1.54) is 4.31 Å². The Morgan fingerprint density at radius 3 is 2.34 bits per heavy atom. The molecule has 1 aliphatic carbocycles. The molecule has 0 bridgehead atoms. The van der Waals surface area contributed by atoms with Crippen LogP contribution in [-0.2, 0) is 26.0 Å². The summed E-state index contributed by atoms with van der Waals surface area (Å²) in [5, 5.41) is 0. The molecule has 1 amide bonds. The van der Waals surface area contributed by atoms with E-state index >= 15 is 0 Å². The van der Waals surface area contributed by atoms with Gasteiger partial charge in [-0.1, -0.05) is 22.4 Å². The highest BCUT2D eigenvalue weighted by atomic mass is 79.9. The summed E-state index contributed by atoms with van der Waals surface area (Å²) in [6, 6.07) is 11.4. The standard InChI is InChI=1S/C23H25BrN2O5S/c24-18-7-9-19(10-8-18)32(29,30)26-14-4-5-16-15-17(6-11-20(16)26)21(27)31-23(22(25)28)12-2-1-3-13-23/h6-11,15H,1-5,12-14H2,(H2,25,28). The van der Waals surface area contributed by atoms with Crippen molar-refractivity contribution in [3.63, 3.8) is 0 Å². The Labute approximate surface area is 196 Å². The maximum absolute atomic E-state index is 13.2. The maximum Gasteiger partial charge on any atom is 0.339 e. The number of fused-ring (bicyclic) bond motifs is 1. The molecule has 1 aliphatic heterocycles. The molecule has 9 heteroatoms. The molecule has 2 aromatic rings. The lowest BCUT2D eigenvalue weighted by molar-refractivity contribution is -0.140. The summed E-state index contributed by atoms with van der Waals surface area (Å²) in [5.74, 6) is -1.23. The second-order valence-electron chi connectivity index (χ2n) is 8.29. The number of halogens is 1. The second kappa shape index (κ2) is 8.86. The number of primary amides is 1. The van der Waals surface area contributed by atoms with Crippen LogP contribution in [0, 0.1) is 0 Å². The van der Waals surface area contributed by atoms with Crippen LogP contribution in [0.3, 0.4) is 0 Å². The summed E-state index contributed by atoms with van der Waals surface area (Å²) < 4.78 is 34.3. The van der Waals surface area contributed by atoms with E-state index in [1.54, 1.807) is 42.5 Å². The number of nitrogens with two attached hydrogens (primary N) is 1. The molecule has 7 nitrogen and oxygen atoms in total. The van der Waals surface area contributed by atoms with Crippen molar-refractivity contribution in [1.29, 1.82) is 0 Å². The van der Waals surface area contributed by atoms with Crippen LogP contribution in [0.5, 0.6) is 0 Å². The third-order valence-electron chi connectivity index (χ3n) is 6.19. The molecule has 4 rings (SSSR count). The minimum absolute atomic E-state index is 0.206. The van der Waals surface area contributed by atoms with Gasteiger partial charge in [0.25, 0.3) is 15.9 Å². The monoisotopic (exact) mass is 520 g/mol. The van der Waals surface area contributed by atoms with Gasteiger partial charge in [-0.05, 0) is 86.6 Å². The smallest absolute Gasteiger partial charge is 0.339 e. The Bertz CT molecular complexity index is 1140. The van der Waals surface area contributed by atoms with Crippen molar-refractivity contribution in [1.82, 2.24) is 0 Å². The zero-order valence-corrected chi connectivity index (χ0v) is 20.0. The largest absolute Gasteiger partial charge is 0.445 e. The number of carbonyl (C=O) groups excluding carboxylic acids is 2. The van der Waals surface area contributed by atoms with Crippen LogP contribution in [0.1, 0.15) is 54.4 Å². The minimum Gasteiger partial charge on any atom is -0.445 e. The number of carbonyl (C=O) groups is 2. The van der Waals surface area contributed by atoms with Gasteiger partial charge in [0.05, 0.1) is 16.1 Å². The SMILES string of the molecule is NC(=O)C1(OC(=O)c2ccc3c(c2)CCCN3S(=O)(=O)c2ccc(Br)cc2)CCCCC1. The number of ether oxygens (including phenoxy) is 1. The number of nitrogens with zero attached hydrogens (tertiary/aromatic N) is 1. The molecule has 2 aromatic carbocycles. The Morgan fingerprint density at radius 1 is 1.00 bits per heavy atom. The number of hydrogen-bond acceptors (Lipinski definition) is 5. The number of benzene rings is 2. The van der Waals surface area contributed by atoms with Gasteiger partial charge in [0.15, 0.2) is 5.60 Å². The minimum atomic E-state index is -3.73. The Hall–Kier alpha value is -2.39. The predicted octanol–water partition coefficient (Wildman–Crippen LogP) is 3.94. The van der Waals surface area contributed by atoms with Crippen LogP contribution in [0.4, 0.5) is 5.69 Å². The van der Waals surface area contributed by atoms with Crippen molar-refractivity contribution in [2.45, 2.75) is 55.4 Å².